The third-order valence-corrected chi connectivity index (χ3v) is 0. The molecule has 0 unspecified atom stereocenters. The van der Waals surface area contributed by atoms with Gasteiger partial charge in [0.1, 0.15) is 0 Å². The van der Waals surface area contributed by atoms with E-state index in [9.17, 15) is 0 Å². The largest absolute Gasteiger partial charge is 1.00 e. The van der Waals surface area contributed by atoms with Gasteiger partial charge >= 0.3 is 67.7 Å². The third kappa shape index (κ3) is 150. The number of rotatable bonds is 0. The van der Waals surface area contributed by atoms with E-state index < -0.39 is 8.60 Å². The number of hydrogen-bond acceptors (Lipinski definition) is 3. The predicted molar refractivity (Wildman–Crippen MR) is 39.1 cm³/mol. The van der Waals surface area contributed by atoms with Gasteiger partial charge in [0.05, 0.1) is 0 Å². The van der Waals surface area contributed by atoms with Gasteiger partial charge in [-0.3, -0.25) is 0 Å². The molecule has 3 nitrogen and oxygen atoms in total. The maximum absolute atomic E-state index is 7.23. The quantitative estimate of drug-likeness (QED) is 0.272. The zero-order valence-corrected chi connectivity index (χ0v) is 13.2. The van der Waals surface area contributed by atoms with Crippen LogP contribution < -0.4 is 59.1 Å². The Balaban J connectivity index is -0.0000000112. The Hall–Kier alpha value is 2.53. The van der Waals surface area contributed by atoms with Crippen LogP contribution in [-0.2, 0) is 0 Å². The van der Waals surface area contributed by atoms with Crippen molar-refractivity contribution in [3.8, 4) is 0 Å². The summed E-state index contributed by atoms with van der Waals surface area (Å²) in [6.07, 6.45) is 0. The van der Waals surface area contributed by atoms with Crippen LogP contribution in [0.4, 0.5) is 0 Å². The van der Waals surface area contributed by atoms with Gasteiger partial charge in [-0.25, -0.2) is 0 Å². The molecule has 0 atom stereocenters. The monoisotopic (exact) mass is 203 g/mol. The molecule has 0 aliphatic carbocycles. The normalized spacial score (nSPS) is 7.20. The van der Waals surface area contributed by atoms with Crippen molar-refractivity contribution >= 4 is 17.4 Å². The molecule has 0 aliphatic rings. The SMILES string of the molecule is C[Si](C)C.OP(O)O.[H-].[H-].[Na+].[Na+]. The summed E-state index contributed by atoms with van der Waals surface area (Å²) < 4.78 is 0. The Labute approximate surface area is 112 Å². The van der Waals surface area contributed by atoms with Crippen molar-refractivity contribution in [2.45, 2.75) is 19.6 Å². The van der Waals surface area contributed by atoms with Crippen molar-refractivity contribution < 1.29 is 76.6 Å². The molecular weight excluding hydrogens is 189 g/mol. The minimum absolute atomic E-state index is 0. The van der Waals surface area contributed by atoms with Crippen LogP contribution in [0.15, 0.2) is 0 Å². The zero-order valence-electron chi connectivity index (χ0n) is 9.29. The Morgan fingerprint density at radius 2 is 1.00 bits per heavy atom. The molecule has 0 aromatic carbocycles. The van der Waals surface area contributed by atoms with E-state index >= 15 is 0 Å². The van der Waals surface area contributed by atoms with Crippen molar-refractivity contribution in [1.29, 1.82) is 0 Å². The topological polar surface area (TPSA) is 60.7 Å². The van der Waals surface area contributed by atoms with Gasteiger partial charge in [0, 0.05) is 8.80 Å². The van der Waals surface area contributed by atoms with Crippen LogP contribution in [0.3, 0.4) is 0 Å². The van der Waals surface area contributed by atoms with Gasteiger partial charge in [0.25, 0.3) is 0 Å². The van der Waals surface area contributed by atoms with Gasteiger partial charge in [0.2, 0.25) is 0 Å². The molecule has 0 fully saturated rings. The summed E-state index contributed by atoms with van der Waals surface area (Å²) in [5.74, 6) is 0. The van der Waals surface area contributed by atoms with Crippen LogP contribution in [0.2, 0.25) is 19.6 Å². The molecule has 3 N–H and O–H groups in total. The van der Waals surface area contributed by atoms with Crippen LogP contribution in [-0.4, -0.2) is 23.5 Å². The molecule has 0 aromatic heterocycles. The van der Waals surface area contributed by atoms with Gasteiger partial charge < -0.3 is 17.5 Å². The Morgan fingerprint density at radius 1 is 1.00 bits per heavy atom. The van der Waals surface area contributed by atoms with E-state index in [0.29, 0.717) is 0 Å². The van der Waals surface area contributed by atoms with E-state index in [1.54, 1.807) is 0 Å². The first-order valence-electron chi connectivity index (χ1n) is 2.10. The fourth-order valence-electron chi connectivity index (χ4n) is 0. The zero-order chi connectivity index (χ0) is 7.15. The second-order valence-electron chi connectivity index (χ2n) is 1.77. The molecule has 55 valence electrons. The second-order valence-corrected chi connectivity index (χ2v) is 5.30. The first-order chi connectivity index (χ1) is 3.46. The summed E-state index contributed by atoms with van der Waals surface area (Å²) in [6.45, 7) is 6.81. The maximum Gasteiger partial charge on any atom is 1.00 e. The summed E-state index contributed by atoms with van der Waals surface area (Å²) in [4.78, 5) is 21.7. The molecule has 0 rings (SSSR count). The van der Waals surface area contributed by atoms with Crippen molar-refractivity contribution in [3.05, 3.63) is 0 Å². The summed E-state index contributed by atoms with van der Waals surface area (Å²) in [5.41, 5.74) is 0. The third-order valence-electron chi connectivity index (χ3n) is 0. The van der Waals surface area contributed by atoms with E-state index in [1.807, 2.05) is 0 Å². The van der Waals surface area contributed by atoms with Crippen LogP contribution in [0.1, 0.15) is 2.85 Å². The molecule has 0 aliphatic heterocycles. The molecule has 0 spiro atoms. The standard InChI is InChI=1S/C3H9Si.2Na.H3O3P.2H/c1-4(2)3;;;1-4(2)3;;/h1-3H3;;;1-3H;;/q;2*+1;;2*-1. The molecule has 10 heavy (non-hydrogen) atoms. The van der Waals surface area contributed by atoms with Gasteiger partial charge in [0.15, 0.2) is 0 Å². The Morgan fingerprint density at radius 3 is 1.00 bits per heavy atom. The van der Waals surface area contributed by atoms with Crippen LogP contribution >= 0.6 is 8.60 Å². The van der Waals surface area contributed by atoms with Crippen LogP contribution in [0.5, 0.6) is 0 Å². The summed E-state index contributed by atoms with van der Waals surface area (Å²) in [5, 5.41) is 0. The summed E-state index contributed by atoms with van der Waals surface area (Å²) in [6, 6.07) is 0. The van der Waals surface area contributed by atoms with Crippen LogP contribution in [0, 0.1) is 0 Å². The predicted octanol–water partition coefficient (Wildman–Crippen LogP) is -5.21. The molecule has 0 amide bonds. The molecule has 0 heterocycles. The van der Waals surface area contributed by atoms with Gasteiger partial charge in [-0.1, -0.05) is 19.6 Å². The molecular formula is C3H14Na2O3PSi. The van der Waals surface area contributed by atoms with Crippen molar-refractivity contribution in [2.24, 2.45) is 0 Å². The summed E-state index contributed by atoms with van der Waals surface area (Å²) >= 11 is 0. The number of hydrogen-bond donors (Lipinski definition) is 3. The van der Waals surface area contributed by atoms with E-state index in [0.717, 1.165) is 0 Å². The fourth-order valence-corrected chi connectivity index (χ4v) is 0. The molecule has 7 heteroatoms. The molecule has 1 radical (unpaired) electrons. The Bertz CT molecular complexity index is 45.0. The van der Waals surface area contributed by atoms with Gasteiger partial charge in [-0.15, -0.1) is 0 Å². The van der Waals surface area contributed by atoms with Crippen molar-refractivity contribution in [1.82, 2.24) is 0 Å². The first-order valence-corrected chi connectivity index (χ1v) is 6.30. The van der Waals surface area contributed by atoms with Gasteiger partial charge in [-0.2, -0.15) is 0 Å². The maximum atomic E-state index is 7.23. The second kappa shape index (κ2) is 17.6. The van der Waals surface area contributed by atoms with E-state index in [2.05, 4.69) is 19.6 Å². The fraction of sp³-hybridized carbons (Fsp3) is 1.00. The van der Waals surface area contributed by atoms with E-state index in [1.165, 1.54) is 0 Å². The molecule has 0 saturated carbocycles. The molecule has 0 bridgehead atoms. The van der Waals surface area contributed by atoms with Gasteiger partial charge in [-0.05, 0) is 0 Å². The summed E-state index contributed by atoms with van der Waals surface area (Å²) in [7, 11) is -2.50. The van der Waals surface area contributed by atoms with Crippen molar-refractivity contribution in [3.63, 3.8) is 0 Å². The minimum Gasteiger partial charge on any atom is -1.00 e. The van der Waals surface area contributed by atoms with Crippen LogP contribution in [0.25, 0.3) is 0 Å². The average molecular weight is 203 g/mol. The minimum atomic E-state index is -2.62. The molecule has 0 aromatic rings. The van der Waals surface area contributed by atoms with E-state index in [-0.39, 0.29) is 70.8 Å². The first kappa shape index (κ1) is 22.9. The average Bonchev–Trinajstić information content (AvgIpc) is 1.25. The molecule has 0 saturated heterocycles. The van der Waals surface area contributed by atoms with Crippen molar-refractivity contribution in [2.75, 3.05) is 0 Å². The Kier molecular flexibility index (Phi) is 40.2. The van der Waals surface area contributed by atoms with E-state index in [4.69, 9.17) is 14.7 Å². The smallest absolute Gasteiger partial charge is 1.00 e.